The van der Waals surface area contributed by atoms with Crippen LogP contribution in [0.1, 0.15) is 30.9 Å². The highest BCUT2D eigenvalue weighted by atomic mass is 32.2. The predicted molar refractivity (Wildman–Crippen MR) is 130 cm³/mol. The van der Waals surface area contributed by atoms with Crippen molar-refractivity contribution in [2.45, 2.75) is 37.1 Å². The van der Waals surface area contributed by atoms with Gasteiger partial charge >= 0.3 is 6.03 Å². The second-order valence-corrected chi connectivity index (χ2v) is 10.5. The van der Waals surface area contributed by atoms with E-state index in [-0.39, 0.29) is 4.90 Å². The molecule has 0 aliphatic carbocycles. The summed E-state index contributed by atoms with van der Waals surface area (Å²) in [7, 11) is -2.07. The molecule has 1 atom stereocenters. The van der Waals surface area contributed by atoms with Crippen molar-refractivity contribution in [1.82, 2.24) is 15.1 Å². The minimum Gasteiger partial charge on any atom is -0.362 e. The Morgan fingerprint density at radius 2 is 1.77 bits per heavy atom. The Kier molecular flexibility index (Phi) is 6.37. The summed E-state index contributed by atoms with van der Waals surface area (Å²) in [6.07, 6.45) is 1.47. The average molecular weight is 498 g/mol. The third kappa shape index (κ3) is 4.90. The van der Waals surface area contributed by atoms with Crippen molar-refractivity contribution in [3.05, 3.63) is 59.7 Å². The molecule has 2 aliphatic rings. The van der Waals surface area contributed by atoms with E-state index in [0.717, 1.165) is 23.4 Å². The third-order valence-electron chi connectivity index (χ3n) is 6.20. The van der Waals surface area contributed by atoms with Crippen LogP contribution in [0, 0.1) is 6.92 Å². The minimum absolute atomic E-state index is 0.00580. The topological polar surface area (TPSA) is 128 Å². The first-order valence-corrected chi connectivity index (χ1v) is 12.6. The number of amidine groups is 1. The fourth-order valence-electron chi connectivity index (χ4n) is 4.08. The molecule has 184 valence electrons. The van der Waals surface area contributed by atoms with Crippen LogP contribution in [0.2, 0.25) is 0 Å². The summed E-state index contributed by atoms with van der Waals surface area (Å²) in [5, 5.41) is 5.26. The van der Waals surface area contributed by atoms with Crippen LogP contribution < -0.4 is 10.6 Å². The minimum atomic E-state index is -3.87. The summed E-state index contributed by atoms with van der Waals surface area (Å²) in [6, 6.07) is 12.1. The van der Waals surface area contributed by atoms with E-state index in [1.807, 2.05) is 24.0 Å². The standard InChI is InChI=1S/C24H27N5O5S/c1-16-6-8-17(9-7-16)24(2)22(31)29(23(32)26-24)15-21(30)25-18-10-12-19(13-11-18)35(33,34)27-20-5-4-14-28(20)3/h6-13H,4-5,14-15H2,1-3H3,(H,25,30)(H,26,32)/b27-20+. The number of anilines is 1. The fourth-order valence-corrected chi connectivity index (χ4v) is 5.17. The molecule has 0 aromatic heterocycles. The number of aryl methyl sites for hydroxylation is 1. The molecule has 2 fully saturated rings. The highest BCUT2D eigenvalue weighted by Gasteiger charge is 2.49. The van der Waals surface area contributed by atoms with Crippen molar-refractivity contribution in [1.29, 1.82) is 0 Å². The first kappa shape index (κ1) is 24.4. The number of sulfonamides is 1. The Morgan fingerprint density at radius 3 is 2.37 bits per heavy atom. The van der Waals surface area contributed by atoms with E-state index in [2.05, 4.69) is 15.0 Å². The van der Waals surface area contributed by atoms with Crippen molar-refractivity contribution in [2.24, 2.45) is 4.40 Å². The van der Waals surface area contributed by atoms with Crippen LogP contribution in [0.25, 0.3) is 0 Å². The lowest BCUT2D eigenvalue weighted by molar-refractivity contribution is -0.133. The lowest BCUT2D eigenvalue weighted by Gasteiger charge is -2.22. The molecule has 35 heavy (non-hydrogen) atoms. The van der Waals surface area contributed by atoms with Gasteiger partial charge in [0.15, 0.2) is 0 Å². The largest absolute Gasteiger partial charge is 0.362 e. The van der Waals surface area contributed by atoms with Gasteiger partial charge in [0.05, 0.1) is 4.90 Å². The molecule has 0 radical (unpaired) electrons. The number of likely N-dealkylation sites (tertiary alicyclic amines) is 1. The third-order valence-corrected chi connectivity index (χ3v) is 7.52. The van der Waals surface area contributed by atoms with E-state index < -0.39 is 40.0 Å². The number of hydrogen-bond acceptors (Lipinski definition) is 5. The Bertz CT molecular complexity index is 1300. The lowest BCUT2D eigenvalue weighted by Crippen LogP contribution is -2.42. The molecule has 0 spiro atoms. The van der Waals surface area contributed by atoms with Gasteiger partial charge in [-0.1, -0.05) is 29.8 Å². The van der Waals surface area contributed by atoms with Gasteiger partial charge in [0.2, 0.25) is 5.91 Å². The predicted octanol–water partition coefficient (Wildman–Crippen LogP) is 2.21. The molecule has 4 amide bonds. The molecule has 0 bridgehead atoms. The first-order chi connectivity index (χ1) is 16.5. The molecule has 2 saturated heterocycles. The van der Waals surface area contributed by atoms with Crippen molar-refractivity contribution in [2.75, 3.05) is 25.5 Å². The second kappa shape index (κ2) is 9.14. The Hall–Kier alpha value is -3.73. The maximum absolute atomic E-state index is 13.0. The van der Waals surface area contributed by atoms with E-state index in [0.29, 0.717) is 23.5 Å². The summed E-state index contributed by atoms with van der Waals surface area (Å²) in [6.45, 7) is 3.80. The molecule has 11 heteroatoms. The number of carbonyl (C=O) groups excluding carboxylic acids is 3. The zero-order chi connectivity index (χ0) is 25.4. The van der Waals surface area contributed by atoms with Crippen molar-refractivity contribution < 1.29 is 22.8 Å². The molecule has 0 saturated carbocycles. The van der Waals surface area contributed by atoms with E-state index in [9.17, 15) is 22.8 Å². The van der Waals surface area contributed by atoms with Gasteiger partial charge in [0.1, 0.15) is 17.9 Å². The van der Waals surface area contributed by atoms with Gasteiger partial charge in [-0.25, -0.2) is 4.79 Å². The van der Waals surface area contributed by atoms with Crippen LogP contribution in [0.4, 0.5) is 10.5 Å². The van der Waals surface area contributed by atoms with E-state index in [4.69, 9.17) is 0 Å². The zero-order valence-electron chi connectivity index (χ0n) is 19.7. The Labute approximate surface area is 204 Å². The summed E-state index contributed by atoms with van der Waals surface area (Å²) >= 11 is 0. The van der Waals surface area contributed by atoms with Crippen LogP contribution in [0.5, 0.6) is 0 Å². The van der Waals surface area contributed by atoms with Crippen molar-refractivity contribution in [3.63, 3.8) is 0 Å². The molecule has 2 heterocycles. The number of benzene rings is 2. The highest BCUT2D eigenvalue weighted by molar-refractivity contribution is 7.90. The number of hydrogen-bond donors (Lipinski definition) is 2. The number of amides is 4. The SMILES string of the molecule is Cc1ccc(C2(C)NC(=O)N(CC(=O)Nc3ccc(S(=O)(=O)/N=C4\CCCN4C)cc3)C2=O)cc1. The number of urea groups is 1. The van der Waals surface area contributed by atoms with Crippen LogP contribution in [0.3, 0.4) is 0 Å². The van der Waals surface area contributed by atoms with Gasteiger partial charge in [-0.15, -0.1) is 4.40 Å². The summed E-state index contributed by atoms with van der Waals surface area (Å²) in [4.78, 5) is 40.7. The number of nitrogens with zero attached hydrogens (tertiary/aromatic N) is 3. The van der Waals surface area contributed by atoms with Gasteiger partial charge < -0.3 is 15.5 Å². The van der Waals surface area contributed by atoms with Gasteiger partial charge in [0, 0.05) is 25.7 Å². The monoisotopic (exact) mass is 497 g/mol. The fraction of sp³-hybridized carbons (Fsp3) is 0.333. The van der Waals surface area contributed by atoms with Gasteiger partial charge in [0.25, 0.3) is 15.9 Å². The maximum atomic E-state index is 13.0. The molecule has 2 aliphatic heterocycles. The summed E-state index contributed by atoms with van der Waals surface area (Å²) in [5.41, 5.74) is 0.694. The molecule has 10 nitrogen and oxygen atoms in total. The van der Waals surface area contributed by atoms with Gasteiger partial charge in [-0.3, -0.25) is 14.5 Å². The molecule has 2 N–H and O–H groups in total. The van der Waals surface area contributed by atoms with Gasteiger partial charge in [-0.05, 0) is 50.1 Å². The summed E-state index contributed by atoms with van der Waals surface area (Å²) < 4.78 is 29.1. The number of nitrogens with one attached hydrogen (secondary N) is 2. The normalized spacial score (nSPS) is 21.5. The van der Waals surface area contributed by atoms with Crippen molar-refractivity contribution >= 4 is 39.4 Å². The van der Waals surface area contributed by atoms with Crippen LogP contribution in [-0.2, 0) is 25.2 Å². The number of carbonyl (C=O) groups is 3. The number of rotatable bonds is 6. The maximum Gasteiger partial charge on any atom is 0.325 e. The Morgan fingerprint density at radius 1 is 1.11 bits per heavy atom. The van der Waals surface area contributed by atoms with E-state index >= 15 is 0 Å². The summed E-state index contributed by atoms with van der Waals surface area (Å²) in [5.74, 6) is -0.599. The van der Waals surface area contributed by atoms with Crippen LogP contribution in [-0.4, -0.2) is 62.0 Å². The lowest BCUT2D eigenvalue weighted by atomic mass is 9.91. The second-order valence-electron chi connectivity index (χ2n) is 8.89. The van der Waals surface area contributed by atoms with Gasteiger partial charge in [-0.2, -0.15) is 8.42 Å². The highest BCUT2D eigenvalue weighted by Crippen LogP contribution is 2.29. The van der Waals surface area contributed by atoms with E-state index in [1.165, 1.54) is 24.3 Å². The zero-order valence-corrected chi connectivity index (χ0v) is 20.6. The molecule has 2 aromatic carbocycles. The van der Waals surface area contributed by atoms with E-state index in [1.54, 1.807) is 26.1 Å². The van der Waals surface area contributed by atoms with Crippen molar-refractivity contribution in [3.8, 4) is 0 Å². The molecule has 2 aromatic rings. The molecular formula is C24H27N5O5S. The average Bonchev–Trinajstić information content (AvgIpc) is 3.29. The Balaban J connectivity index is 1.42. The van der Waals surface area contributed by atoms with Crippen LogP contribution in [0.15, 0.2) is 57.8 Å². The quantitative estimate of drug-likeness (QED) is 0.589. The molecule has 4 rings (SSSR count). The first-order valence-electron chi connectivity index (χ1n) is 11.2. The smallest absolute Gasteiger partial charge is 0.325 e. The van der Waals surface area contributed by atoms with Crippen LogP contribution >= 0.6 is 0 Å². The molecule has 1 unspecified atom stereocenters. The number of imide groups is 1. The molecular weight excluding hydrogens is 470 g/mol.